The number of hydrogen-bond acceptors (Lipinski definition) is 7. The van der Waals surface area contributed by atoms with E-state index in [0.717, 1.165) is 34.8 Å². The van der Waals surface area contributed by atoms with E-state index in [1.165, 1.54) is 0 Å². The van der Waals surface area contributed by atoms with Crippen LogP contribution >= 0.6 is 11.8 Å². The van der Waals surface area contributed by atoms with Crippen LogP contribution in [-0.2, 0) is 13.0 Å². The van der Waals surface area contributed by atoms with Crippen molar-refractivity contribution in [3.63, 3.8) is 0 Å². The highest BCUT2D eigenvalue weighted by molar-refractivity contribution is 7.99. The van der Waals surface area contributed by atoms with E-state index in [4.69, 9.17) is 14.2 Å². The lowest BCUT2D eigenvalue weighted by atomic mass is 10.2. The van der Waals surface area contributed by atoms with Gasteiger partial charge in [-0.3, -0.25) is 4.79 Å². The van der Waals surface area contributed by atoms with Gasteiger partial charge < -0.3 is 24.1 Å². The second kappa shape index (κ2) is 12.0. The molecular weight excluding hydrogens is 428 g/mol. The molecule has 0 saturated carbocycles. The number of aromatic nitrogens is 3. The number of carbonyl (C=O) groups excluding carboxylic acids is 1. The molecule has 0 radical (unpaired) electrons. The Labute approximate surface area is 192 Å². The van der Waals surface area contributed by atoms with Crippen molar-refractivity contribution >= 4 is 17.7 Å². The Hall–Kier alpha value is -3.20. The number of amides is 1. The van der Waals surface area contributed by atoms with Crippen molar-refractivity contribution < 1.29 is 19.0 Å². The Morgan fingerprint density at radius 2 is 1.78 bits per heavy atom. The standard InChI is InChI=1S/C23H28N4O4S/c1-4-27-21(13-14-24-22(28)17-9-11-18(29-2)12-10-17)25-26-23(27)32-16-15-31-20-8-6-5-7-19(20)30-3/h5-12H,4,13-16H2,1-3H3,(H,24,28). The normalized spacial score (nSPS) is 10.6. The molecule has 0 aliphatic rings. The number of thioether (sulfide) groups is 1. The molecule has 1 heterocycles. The molecule has 0 saturated heterocycles. The average molecular weight is 457 g/mol. The number of nitrogens with zero attached hydrogens (tertiary/aromatic N) is 3. The predicted molar refractivity (Wildman–Crippen MR) is 124 cm³/mol. The minimum Gasteiger partial charge on any atom is -0.497 e. The first-order valence-corrected chi connectivity index (χ1v) is 11.4. The molecule has 0 atom stereocenters. The molecule has 0 fully saturated rings. The summed E-state index contributed by atoms with van der Waals surface area (Å²) in [5, 5.41) is 12.4. The van der Waals surface area contributed by atoms with Crippen LogP contribution in [-0.4, -0.2) is 53.8 Å². The first kappa shape index (κ1) is 23.5. The maximum absolute atomic E-state index is 12.3. The number of carbonyl (C=O) groups is 1. The van der Waals surface area contributed by atoms with Gasteiger partial charge in [-0.05, 0) is 43.3 Å². The Kier molecular flexibility index (Phi) is 8.79. The van der Waals surface area contributed by atoms with Gasteiger partial charge in [-0.15, -0.1) is 10.2 Å². The van der Waals surface area contributed by atoms with Crippen molar-refractivity contribution in [2.45, 2.75) is 25.0 Å². The number of benzene rings is 2. The van der Waals surface area contributed by atoms with Crippen LogP contribution in [0, 0.1) is 0 Å². The summed E-state index contributed by atoms with van der Waals surface area (Å²) in [5.74, 6) is 3.60. The third kappa shape index (κ3) is 6.16. The SMILES string of the molecule is CCn1c(CCNC(=O)c2ccc(OC)cc2)nnc1SCCOc1ccccc1OC. The number of methoxy groups -OCH3 is 2. The van der Waals surface area contributed by atoms with E-state index < -0.39 is 0 Å². The van der Waals surface area contributed by atoms with Gasteiger partial charge in [-0.1, -0.05) is 23.9 Å². The topological polar surface area (TPSA) is 87.5 Å². The fourth-order valence-electron chi connectivity index (χ4n) is 3.08. The second-order valence-corrected chi connectivity index (χ2v) is 7.79. The van der Waals surface area contributed by atoms with Crippen LogP contribution in [0.2, 0.25) is 0 Å². The van der Waals surface area contributed by atoms with Crippen LogP contribution in [0.5, 0.6) is 17.2 Å². The van der Waals surface area contributed by atoms with Crippen molar-refractivity contribution in [3.05, 3.63) is 59.9 Å². The molecule has 0 aliphatic heterocycles. The molecule has 8 nitrogen and oxygen atoms in total. The summed E-state index contributed by atoms with van der Waals surface area (Å²) in [6.45, 7) is 3.81. The maximum atomic E-state index is 12.3. The van der Waals surface area contributed by atoms with Gasteiger partial charge in [0.2, 0.25) is 0 Å². The summed E-state index contributed by atoms with van der Waals surface area (Å²) >= 11 is 1.59. The van der Waals surface area contributed by atoms with Crippen LogP contribution in [0.1, 0.15) is 23.1 Å². The Balaban J connectivity index is 1.47. The monoisotopic (exact) mass is 456 g/mol. The van der Waals surface area contributed by atoms with Gasteiger partial charge >= 0.3 is 0 Å². The number of para-hydroxylation sites is 2. The number of nitrogens with one attached hydrogen (secondary N) is 1. The second-order valence-electron chi connectivity index (χ2n) is 6.73. The number of ether oxygens (including phenoxy) is 3. The Bertz CT molecular complexity index is 1010. The van der Waals surface area contributed by atoms with E-state index in [1.54, 1.807) is 50.2 Å². The Morgan fingerprint density at radius 3 is 2.47 bits per heavy atom. The summed E-state index contributed by atoms with van der Waals surface area (Å²) in [5.41, 5.74) is 0.592. The third-order valence-electron chi connectivity index (χ3n) is 4.74. The van der Waals surface area contributed by atoms with Crippen LogP contribution in [0.25, 0.3) is 0 Å². The molecule has 3 aromatic rings. The zero-order valence-electron chi connectivity index (χ0n) is 18.5. The summed E-state index contributed by atoms with van der Waals surface area (Å²) in [7, 11) is 3.22. The van der Waals surface area contributed by atoms with Crippen molar-refractivity contribution in [1.29, 1.82) is 0 Å². The number of rotatable bonds is 12. The molecule has 9 heteroatoms. The van der Waals surface area contributed by atoms with E-state index in [0.29, 0.717) is 30.9 Å². The van der Waals surface area contributed by atoms with E-state index in [2.05, 4.69) is 27.0 Å². The zero-order valence-corrected chi connectivity index (χ0v) is 19.4. The van der Waals surface area contributed by atoms with Gasteiger partial charge in [0.15, 0.2) is 16.7 Å². The van der Waals surface area contributed by atoms with E-state index in [1.807, 2.05) is 24.3 Å². The minimum atomic E-state index is -0.127. The Morgan fingerprint density at radius 1 is 1.03 bits per heavy atom. The van der Waals surface area contributed by atoms with Crippen LogP contribution < -0.4 is 19.5 Å². The summed E-state index contributed by atoms with van der Waals surface area (Å²) in [6, 6.07) is 14.6. The van der Waals surface area contributed by atoms with Crippen LogP contribution in [0.4, 0.5) is 0 Å². The summed E-state index contributed by atoms with van der Waals surface area (Å²) in [4.78, 5) is 12.3. The highest BCUT2D eigenvalue weighted by Crippen LogP contribution is 2.26. The minimum absolute atomic E-state index is 0.127. The average Bonchev–Trinajstić information content (AvgIpc) is 3.23. The first-order valence-electron chi connectivity index (χ1n) is 10.4. The van der Waals surface area contributed by atoms with Crippen LogP contribution in [0.15, 0.2) is 53.7 Å². The zero-order chi connectivity index (χ0) is 22.8. The molecule has 0 aliphatic carbocycles. The summed E-state index contributed by atoms with van der Waals surface area (Å²) in [6.07, 6.45) is 0.598. The van der Waals surface area contributed by atoms with Gasteiger partial charge in [0.05, 0.1) is 20.8 Å². The largest absolute Gasteiger partial charge is 0.497 e. The van der Waals surface area contributed by atoms with Gasteiger partial charge in [0.25, 0.3) is 5.91 Å². The molecule has 2 aromatic carbocycles. The van der Waals surface area contributed by atoms with E-state index in [-0.39, 0.29) is 5.91 Å². The lowest BCUT2D eigenvalue weighted by molar-refractivity contribution is 0.0954. The third-order valence-corrected chi connectivity index (χ3v) is 5.67. The van der Waals surface area contributed by atoms with Gasteiger partial charge in [-0.2, -0.15) is 0 Å². The fraction of sp³-hybridized carbons (Fsp3) is 0.348. The molecule has 3 rings (SSSR count). The molecular formula is C23H28N4O4S. The molecule has 0 bridgehead atoms. The first-order chi connectivity index (χ1) is 15.7. The van der Waals surface area contributed by atoms with Gasteiger partial charge in [0, 0.05) is 30.8 Å². The molecule has 1 aromatic heterocycles. The predicted octanol–water partition coefficient (Wildman–Crippen LogP) is 3.46. The molecule has 170 valence electrons. The molecule has 32 heavy (non-hydrogen) atoms. The van der Waals surface area contributed by atoms with Crippen molar-refractivity contribution in [2.24, 2.45) is 0 Å². The summed E-state index contributed by atoms with van der Waals surface area (Å²) < 4.78 is 18.3. The van der Waals surface area contributed by atoms with E-state index in [9.17, 15) is 4.79 Å². The molecule has 0 unspecified atom stereocenters. The van der Waals surface area contributed by atoms with Gasteiger partial charge in [-0.25, -0.2) is 0 Å². The van der Waals surface area contributed by atoms with Crippen LogP contribution in [0.3, 0.4) is 0 Å². The fourth-order valence-corrected chi connectivity index (χ4v) is 3.92. The lowest BCUT2D eigenvalue weighted by Crippen LogP contribution is -2.26. The lowest BCUT2D eigenvalue weighted by Gasteiger charge is -2.10. The van der Waals surface area contributed by atoms with Crippen molar-refractivity contribution in [3.8, 4) is 17.2 Å². The van der Waals surface area contributed by atoms with E-state index >= 15 is 0 Å². The molecule has 1 N–H and O–H groups in total. The maximum Gasteiger partial charge on any atom is 0.251 e. The number of hydrogen-bond donors (Lipinski definition) is 1. The highest BCUT2D eigenvalue weighted by atomic mass is 32.2. The molecule has 0 spiro atoms. The smallest absolute Gasteiger partial charge is 0.251 e. The van der Waals surface area contributed by atoms with Crippen molar-refractivity contribution in [2.75, 3.05) is 33.1 Å². The molecule has 1 amide bonds. The van der Waals surface area contributed by atoms with Gasteiger partial charge in [0.1, 0.15) is 11.6 Å². The quantitative estimate of drug-likeness (QED) is 0.330. The van der Waals surface area contributed by atoms with Crippen molar-refractivity contribution in [1.82, 2.24) is 20.1 Å². The highest BCUT2D eigenvalue weighted by Gasteiger charge is 2.12.